The molecule has 0 nitrogen and oxygen atoms in total. The number of rotatable bonds is 5. The lowest BCUT2D eigenvalue weighted by atomic mass is 9.78. The van der Waals surface area contributed by atoms with E-state index in [0.717, 1.165) is 6.42 Å². The summed E-state index contributed by atoms with van der Waals surface area (Å²) in [5.74, 6) is 0. The zero-order valence-corrected chi connectivity index (χ0v) is 14.1. The van der Waals surface area contributed by atoms with Gasteiger partial charge >= 0.3 is 0 Å². The normalized spacial score (nSPS) is 14.2. The Kier molecular flexibility index (Phi) is 11.1. The SMILES string of the molecule is C/C=C(C)/C=C/C(=C(\C)CC)C(C)(C)CC.CC. The molecule has 0 aromatic carbocycles. The molecule has 0 amide bonds. The summed E-state index contributed by atoms with van der Waals surface area (Å²) in [6, 6.07) is 0. The lowest BCUT2D eigenvalue weighted by Gasteiger charge is -2.27. The van der Waals surface area contributed by atoms with Crippen molar-refractivity contribution in [3.8, 4) is 0 Å². The van der Waals surface area contributed by atoms with Gasteiger partial charge in [0.05, 0.1) is 0 Å². The van der Waals surface area contributed by atoms with Gasteiger partial charge in [-0.05, 0) is 44.6 Å². The lowest BCUT2D eigenvalue weighted by Crippen LogP contribution is -2.13. The Morgan fingerprint density at radius 3 is 1.83 bits per heavy atom. The standard InChI is InChI=1S/C16H28.C2H6/c1-8-13(4)11-12-15(14(5)9-2)16(6,7)10-3;1-2/h8,11-12H,9-10H2,1-7H3;1-2H3/b12-11+,13-8+,15-14-;. The van der Waals surface area contributed by atoms with Gasteiger partial charge in [-0.15, -0.1) is 0 Å². The van der Waals surface area contributed by atoms with E-state index in [2.05, 4.69) is 66.7 Å². The molecule has 0 saturated carbocycles. The predicted octanol–water partition coefficient (Wildman–Crippen LogP) is 6.70. The fourth-order valence-corrected chi connectivity index (χ4v) is 1.64. The maximum Gasteiger partial charge on any atom is -0.0107 e. The molecule has 0 spiro atoms. The van der Waals surface area contributed by atoms with Crippen LogP contribution in [-0.4, -0.2) is 0 Å². The molecule has 0 aliphatic rings. The van der Waals surface area contributed by atoms with Crippen LogP contribution in [-0.2, 0) is 0 Å². The molecule has 0 heterocycles. The highest BCUT2D eigenvalue weighted by Crippen LogP contribution is 2.34. The van der Waals surface area contributed by atoms with E-state index in [1.54, 1.807) is 0 Å². The largest absolute Gasteiger partial charge is 0.0847 e. The van der Waals surface area contributed by atoms with E-state index >= 15 is 0 Å². The van der Waals surface area contributed by atoms with Gasteiger partial charge in [-0.2, -0.15) is 0 Å². The predicted molar refractivity (Wildman–Crippen MR) is 87.0 cm³/mol. The zero-order chi connectivity index (χ0) is 14.8. The molecule has 0 aromatic heterocycles. The van der Waals surface area contributed by atoms with Gasteiger partial charge in [0.15, 0.2) is 0 Å². The summed E-state index contributed by atoms with van der Waals surface area (Å²) in [5, 5.41) is 0. The number of allylic oxidation sites excluding steroid dienone is 6. The molecule has 0 rings (SSSR count). The molecule has 0 aliphatic heterocycles. The van der Waals surface area contributed by atoms with Gasteiger partial charge in [0, 0.05) is 0 Å². The first-order chi connectivity index (χ1) is 8.38. The molecular formula is C18H34. The van der Waals surface area contributed by atoms with Crippen LogP contribution in [0.15, 0.2) is 34.9 Å². The quantitative estimate of drug-likeness (QED) is 0.476. The Morgan fingerprint density at radius 1 is 1.00 bits per heavy atom. The molecule has 18 heavy (non-hydrogen) atoms. The molecule has 0 radical (unpaired) electrons. The Morgan fingerprint density at radius 2 is 1.50 bits per heavy atom. The van der Waals surface area contributed by atoms with Crippen LogP contribution in [0.2, 0.25) is 0 Å². The Bertz CT molecular complexity index is 298. The van der Waals surface area contributed by atoms with Gasteiger partial charge in [-0.1, -0.05) is 70.9 Å². The summed E-state index contributed by atoms with van der Waals surface area (Å²) in [5.41, 5.74) is 4.61. The summed E-state index contributed by atoms with van der Waals surface area (Å²) in [7, 11) is 0. The first kappa shape index (κ1) is 19.6. The topological polar surface area (TPSA) is 0 Å². The van der Waals surface area contributed by atoms with Gasteiger partial charge < -0.3 is 0 Å². The molecule has 0 aromatic rings. The van der Waals surface area contributed by atoms with Gasteiger partial charge in [-0.25, -0.2) is 0 Å². The molecule has 0 saturated heterocycles. The fraction of sp³-hybridized carbons (Fsp3) is 0.667. The highest BCUT2D eigenvalue weighted by molar-refractivity contribution is 5.34. The van der Waals surface area contributed by atoms with E-state index in [4.69, 9.17) is 0 Å². The maximum absolute atomic E-state index is 2.33. The first-order valence-corrected chi connectivity index (χ1v) is 7.40. The summed E-state index contributed by atoms with van der Waals surface area (Å²) >= 11 is 0. The van der Waals surface area contributed by atoms with E-state index in [-0.39, 0.29) is 5.41 Å². The zero-order valence-electron chi connectivity index (χ0n) is 14.1. The van der Waals surface area contributed by atoms with Gasteiger partial charge in [0.2, 0.25) is 0 Å². The maximum atomic E-state index is 2.33. The summed E-state index contributed by atoms with van der Waals surface area (Å²) < 4.78 is 0. The van der Waals surface area contributed by atoms with Crippen molar-refractivity contribution < 1.29 is 0 Å². The Hall–Kier alpha value is -0.780. The van der Waals surface area contributed by atoms with Crippen molar-refractivity contribution in [1.29, 1.82) is 0 Å². The molecule has 106 valence electrons. The molecule has 0 aliphatic carbocycles. The van der Waals surface area contributed by atoms with Crippen molar-refractivity contribution in [1.82, 2.24) is 0 Å². The highest BCUT2D eigenvalue weighted by Gasteiger charge is 2.20. The van der Waals surface area contributed by atoms with Crippen molar-refractivity contribution in [3.63, 3.8) is 0 Å². The van der Waals surface area contributed by atoms with E-state index in [1.165, 1.54) is 23.1 Å². The van der Waals surface area contributed by atoms with Crippen molar-refractivity contribution in [2.75, 3.05) is 0 Å². The number of hydrogen-bond acceptors (Lipinski definition) is 0. The van der Waals surface area contributed by atoms with Crippen molar-refractivity contribution in [2.45, 2.75) is 75.2 Å². The molecule has 0 fully saturated rings. The minimum Gasteiger partial charge on any atom is -0.0847 e. The van der Waals surface area contributed by atoms with Crippen LogP contribution in [0.5, 0.6) is 0 Å². The molecule has 0 heteroatoms. The second-order valence-corrected chi connectivity index (χ2v) is 5.15. The molecule has 0 bridgehead atoms. The first-order valence-electron chi connectivity index (χ1n) is 7.40. The summed E-state index contributed by atoms with van der Waals surface area (Å²) in [4.78, 5) is 0. The van der Waals surface area contributed by atoms with E-state index in [9.17, 15) is 0 Å². The van der Waals surface area contributed by atoms with E-state index in [0.29, 0.717) is 0 Å². The van der Waals surface area contributed by atoms with Gasteiger partial charge in [-0.3, -0.25) is 0 Å². The van der Waals surface area contributed by atoms with E-state index < -0.39 is 0 Å². The molecular weight excluding hydrogens is 216 g/mol. The van der Waals surface area contributed by atoms with Crippen molar-refractivity contribution in [3.05, 3.63) is 34.9 Å². The average molecular weight is 250 g/mol. The van der Waals surface area contributed by atoms with Crippen LogP contribution < -0.4 is 0 Å². The van der Waals surface area contributed by atoms with Crippen LogP contribution in [0.3, 0.4) is 0 Å². The van der Waals surface area contributed by atoms with E-state index in [1.807, 2.05) is 13.8 Å². The van der Waals surface area contributed by atoms with Crippen LogP contribution in [0.4, 0.5) is 0 Å². The molecule has 0 atom stereocenters. The van der Waals surface area contributed by atoms with Crippen molar-refractivity contribution >= 4 is 0 Å². The highest BCUT2D eigenvalue weighted by atomic mass is 14.2. The van der Waals surface area contributed by atoms with Crippen LogP contribution >= 0.6 is 0 Å². The third-order valence-electron chi connectivity index (χ3n) is 3.57. The van der Waals surface area contributed by atoms with Crippen LogP contribution in [0.25, 0.3) is 0 Å². The Balaban J connectivity index is 0. The minimum atomic E-state index is 0.282. The Labute approximate surface area is 116 Å². The molecule has 0 N–H and O–H groups in total. The summed E-state index contributed by atoms with van der Waals surface area (Å²) in [6.07, 6.45) is 8.99. The fourth-order valence-electron chi connectivity index (χ4n) is 1.64. The van der Waals surface area contributed by atoms with Crippen molar-refractivity contribution in [2.24, 2.45) is 5.41 Å². The monoisotopic (exact) mass is 250 g/mol. The third kappa shape index (κ3) is 6.83. The number of hydrogen-bond donors (Lipinski definition) is 0. The second-order valence-electron chi connectivity index (χ2n) is 5.15. The van der Waals surface area contributed by atoms with Gasteiger partial charge in [0.25, 0.3) is 0 Å². The molecule has 0 unspecified atom stereocenters. The minimum absolute atomic E-state index is 0.282. The smallest absolute Gasteiger partial charge is 0.0107 e. The summed E-state index contributed by atoms with van der Waals surface area (Å²) in [6.45, 7) is 19.6. The third-order valence-corrected chi connectivity index (χ3v) is 3.57. The van der Waals surface area contributed by atoms with Crippen LogP contribution in [0.1, 0.15) is 75.2 Å². The van der Waals surface area contributed by atoms with Gasteiger partial charge in [0.1, 0.15) is 0 Å². The average Bonchev–Trinajstić information content (AvgIpc) is 2.40. The lowest BCUT2D eigenvalue weighted by molar-refractivity contribution is 0.434. The second kappa shape index (κ2) is 10.2. The van der Waals surface area contributed by atoms with Crippen LogP contribution in [0, 0.1) is 5.41 Å².